The normalized spacial score (nSPS) is 23.4. The zero-order chi connectivity index (χ0) is 16.1. The number of hydrogen-bond donors (Lipinski definition) is 2. The summed E-state index contributed by atoms with van der Waals surface area (Å²) in [6.45, 7) is 2.76. The topological polar surface area (TPSA) is 82.8 Å². The Labute approximate surface area is 136 Å². The summed E-state index contributed by atoms with van der Waals surface area (Å²) >= 11 is 0. The maximum absolute atomic E-state index is 12.3. The zero-order valence-corrected chi connectivity index (χ0v) is 13.2. The van der Waals surface area contributed by atoms with Crippen LogP contribution in [0.15, 0.2) is 24.3 Å². The summed E-state index contributed by atoms with van der Waals surface area (Å²) in [4.78, 5) is 12.3. The van der Waals surface area contributed by atoms with E-state index in [1.54, 1.807) is 0 Å². The molecule has 3 N–H and O–H groups in total. The van der Waals surface area contributed by atoms with Gasteiger partial charge in [0, 0.05) is 25.3 Å². The van der Waals surface area contributed by atoms with Crippen molar-refractivity contribution in [3.8, 4) is 5.75 Å². The molecule has 2 heterocycles. The van der Waals surface area contributed by atoms with E-state index in [1.807, 2.05) is 24.3 Å². The van der Waals surface area contributed by atoms with Crippen molar-refractivity contribution < 1.29 is 19.0 Å². The van der Waals surface area contributed by atoms with Crippen LogP contribution in [0.25, 0.3) is 0 Å². The third-order valence-electron chi connectivity index (χ3n) is 4.39. The molecule has 2 atom stereocenters. The molecular weight excluding hydrogens is 296 g/mol. The van der Waals surface area contributed by atoms with Gasteiger partial charge < -0.3 is 25.3 Å². The predicted molar refractivity (Wildman–Crippen MR) is 86.4 cm³/mol. The van der Waals surface area contributed by atoms with Crippen LogP contribution in [0.4, 0.5) is 5.69 Å². The molecule has 2 saturated heterocycles. The first-order chi connectivity index (χ1) is 11.2. The summed E-state index contributed by atoms with van der Waals surface area (Å²) in [5.41, 5.74) is 6.80. The predicted octanol–water partition coefficient (Wildman–Crippen LogP) is 1.55. The van der Waals surface area contributed by atoms with Gasteiger partial charge in [-0.2, -0.15) is 0 Å². The molecule has 23 heavy (non-hydrogen) atoms. The number of carbonyl (C=O) groups is 1. The van der Waals surface area contributed by atoms with Crippen LogP contribution in [-0.4, -0.2) is 44.5 Å². The molecule has 6 nitrogen and oxygen atoms in total. The van der Waals surface area contributed by atoms with Crippen LogP contribution in [0.3, 0.4) is 0 Å². The number of carbonyl (C=O) groups excluding carboxylic acids is 1. The monoisotopic (exact) mass is 320 g/mol. The lowest BCUT2D eigenvalue weighted by Crippen LogP contribution is -2.43. The van der Waals surface area contributed by atoms with Crippen molar-refractivity contribution in [2.75, 3.05) is 31.7 Å². The van der Waals surface area contributed by atoms with E-state index in [9.17, 15) is 4.79 Å². The number of anilines is 1. The average molecular weight is 320 g/mol. The molecule has 0 bridgehead atoms. The van der Waals surface area contributed by atoms with Gasteiger partial charge in [0.25, 0.3) is 0 Å². The van der Waals surface area contributed by atoms with Gasteiger partial charge >= 0.3 is 0 Å². The fraction of sp³-hybridized carbons (Fsp3) is 0.588. The Balaban J connectivity index is 1.51. The van der Waals surface area contributed by atoms with E-state index in [0.717, 1.165) is 37.3 Å². The number of ether oxygens (including phenoxy) is 3. The van der Waals surface area contributed by atoms with Gasteiger partial charge in [0.15, 0.2) is 0 Å². The first-order valence-electron chi connectivity index (χ1n) is 8.21. The molecule has 0 radical (unpaired) electrons. The van der Waals surface area contributed by atoms with Crippen molar-refractivity contribution in [3.05, 3.63) is 24.3 Å². The van der Waals surface area contributed by atoms with Crippen LogP contribution in [0.5, 0.6) is 5.75 Å². The number of benzene rings is 1. The lowest BCUT2D eigenvalue weighted by atomic mass is 9.92. The van der Waals surface area contributed by atoms with E-state index >= 15 is 0 Å². The highest BCUT2D eigenvalue weighted by Gasteiger charge is 2.26. The molecule has 1 aromatic carbocycles. The minimum Gasteiger partial charge on any atom is -0.488 e. The highest BCUT2D eigenvalue weighted by atomic mass is 16.5. The van der Waals surface area contributed by atoms with E-state index in [0.29, 0.717) is 19.8 Å². The molecule has 0 aliphatic carbocycles. The lowest BCUT2D eigenvalue weighted by molar-refractivity contribution is -0.119. The van der Waals surface area contributed by atoms with Crippen molar-refractivity contribution >= 4 is 11.6 Å². The molecule has 0 saturated carbocycles. The molecule has 2 unspecified atom stereocenters. The Hall–Kier alpha value is -1.63. The Bertz CT molecular complexity index is 508. The minimum absolute atomic E-state index is 0.123. The van der Waals surface area contributed by atoms with Gasteiger partial charge in [-0.3, -0.25) is 4.79 Å². The van der Waals surface area contributed by atoms with Gasteiger partial charge in [0.2, 0.25) is 5.91 Å². The summed E-state index contributed by atoms with van der Waals surface area (Å²) in [7, 11) is 0. The number of rotatable bonds is 5. The Morgan fingerprint density at radius 1 is 1.13 bits per heavy atom. The third kappa shape index (κ3) is 4.43. The minimum atomic E-state index is -0.495. The molecule has 126 valence electrons. The fourth-order valence-corrected chi connectivity index (χ4v) is 2.93. The highest BCUT2D eigenvalue weighted by Crippen LogP contribution is 2.21. The largest absolute Gasteiger partial charge is 0.488 e. The summed E-state index contributed by atoms with van der Waals surface area (Å²) in [6.07, 6.45) is 2.71. The van der Waals surface area contributed by atoms with E-state index in [4.69, 9.17) is 19.9 Å². The second-order valence-corrected chi connectivity index (χ2v) is 6.09. The third-order valence-corrected chi connectivity index (χ3v) is 4.39. The SMILES string of the molecule is NC(C(=O)Nc1ccc(OC2CCOC2)cc1)C1CCOCC1. The maximum Gasteiger partial charge on any atom is 0.241 e. The lowest BCUT2D eigenvalue weighted by Gasteiger charge is -2.26. The zero-order valence-electron chi connectivity index (χ0n) is 13.2. The van der Waals surface area contributed by atoms with Gasteiger partial charge in [-0.25, -0.2) is 0 Å². The fourth-order valence-electron chi connectivity index (χ4n) is 2.93. The molecule has 1 aromatic rings. The second kappa shape index (κ2) is 7.77. The van der Waals surface area contributed by atoms with E-state index in [1.165, 1.54) is 0 Å². The summed E-state index contributed by atoms with van der Waals surface area (Å²) in [6, 6.07) is 6.88. The number of nitrogens with one attached hydrogen (secondary N) is 1. The quantitative estimate of drug-likeness (QED) is 0.860. The van der Waals surface area contributed by atoms with Gasteiger partial charge in [0.05, 0.1) is 19.3 Å². The molecule has 2 aliphatic rings. The van der Waals surface area contributed by atoms with Crippen molar-refractivity contribution in [2.24, 2.45) is 11.7 Å². The molecule has 3 rings (SSSR count). The Morgan fingerprint density at radius 3 is 2.48 bits per heavy atom. The first-order valence-corrected chi connectivity index (χ1v) is 8.21. The number of nitrogens with two attached hydrogens (primary N) is 1. The van der Waals surface area contributed by atoms with E-state index < -0.39 is 6.04 Å². The molecular formula is C17H24N2O4. The number of amides is 1. The maximum atomic E-state index is 12.3. The van der Waals surface area contributed by atoms with Crippen LogP contribution in [0, 0.1) is 5.92 Å². The van der Waals surface area contributed by atoms with Crippen LogP contribution >= 0.6 is 0 Å². The van der Waals surface area contributed by atoms with Gasteiger partial charge in [-0.1, -0.05) is 0 Å². The van der Waals surface area contributed by atoms with Crippen LogP contribution in [-0.2, 0) is 14.3 Å². The van der Waals surface area contributed by atoms with Gasteiger partial charge in [0.1, 0.15) is 11.9 Å². The summed E-state index contributed by atoms with van der Waals surface area (Å²) < 4.78 is 16.4. The Morgan fingerprint density at radius 2 is 1.83 bits per heavy atom. The Kier molecular flexibility index (Phi) is 5.48. The van der Waals surface area contributed by atoms with Crippen LogP contribution in [0.2, 0.25) is 0 Å². The second-order valence-electron chi connectivity index (χ2n) is 6.09. The van der Waals surface area contributed by atoms with Gasteiger partial charge in [-0.15, -0.1) is 0 Å². The summed E-state index contributed by atoms with van der Waals surface area (Å²) in [5, 5.41) is 2.87. The van der Waals surface area contributed by atoms with E-state index in [-0.39, 0.29) is 17.9 Å². The molecule has 0 aromatic heterocycles. The van der Waals surface area contributed by atoms with Crippen LogP contribution < -0.4 is 15.8 Å². The molecule has 6 heteroatoms. The van der Waals surface area contributed by atoms with E-state index in [2.05, 4.69) is 5.32 Å². The van der Waals surface area contributed by atoms with Crippen molar-refractivity contribution in [1.82, 2.24) is 0 Å². The van der Waals surface area contributed by atoms with Crippen molar-refractivity contribution in [1.29, 1.82) is 0 Å². The molecule has 1 amide bonds. The van der Waals surface area contributed by atoms with Crippen molar-refractivity contribution in [2.45, 2.75) is 31.4 Å². The molecule has 2 fully saturated rings. The van der Waals surface area contributed by atoms with Crippen molar-refractivity contribution in [3.63, 3.8) is 0 Å². The standard InChI is InChI=1S/C17H24N2O4/c18-16(12-5-8-21-9-6-12)17(20)19-13-1-3-14(4-2-13)23-15-7-10-22-11-15/h1-4,12,15-16H,5-11,18H2,(H,19,20). The molecule has 0 spiro atoms. The van der Waals surface area contributed by atoms with Gasteiger partial charge in [-0.05, 0) is 43.0 Å². The summed E-state index contributed by atoms with van der Waals surface area (Å²) in [5.74, 6) is 0.829. The smallest absolute Gasteiger partial charge is 0.241 e. The molecule has 2 aliphatic heterocycles. The van der Waals surface area contributed by atoms with Crippen LogP contribution in [0.1, 0.15) is 19.3 Å². The highest BCUT2D eigenvalue weighted by molar-refractivity contribution is 5.94. The number of hydrogen-bond acceptors (Lipinski definition) is 5. The first kappa shape index (κ1) is 16.2. The average Bonchev–Trinajstić information content (AvgIpc) is 3.10.